The molecular weight excluding hydrogens is 613 g/mol. The van der Waals surface area contributed by atoms with Crippen molar-refractivity contribution in [2.75, 3.05) is 18.1 Å². The standard InChI is InChI=1S/C24H22N6O7S4/c1-11-28-29-24(41-11)40-10-13-9-39-21-17(20(33)30(21)18(13)22(34)35)26-19(32)16(15-3-2-6-38-15)27-23(36)25-7-14(31)12-4-5-37-8-12/h2-6,8,16-17,21H,7,9-10H2,1H3,(H,26,32)(H,34,35)(H2,25,27,36)/t16?,17?,21-/m0/s1. The average Bonchev–Trinajstić information content (AvgIpc) is 3.75. The van der Waals surface area contributed by atoms with E-state index in [9.17, 15) is 29.1 Å². The zero-order valence-corrected chi connectivity index (χ0v) is 24.5. The van der Waals surface area contributed by atoms with Crippen LogP contribution in [0.3, 0.4) is 0 Å². The van der Waals surface area contributed by atoms with Gasteiger partial charge in [-0.3, -0.25) is 19.3 Å². The molecule has 5 heterocycles. The molecule has 0 bridgehead atoms. The molecule has 0 aliphatic carbocycles. The number of carbonyl (C=O) groups is 5. The molecule has 3 aromatic heterocycles. The van der Waals surface area contributed by atoms with Crippen LogP contribution in [0, 0.1) is 6.92 Å². The summed E-state index contributed by atoms with van der Waals surface area (Å²) < 4.78 is 5.57. The van der Waals surface area contributed by atoms with Crippen molar-refractivity contribution in [3.8, 4) is 0 Å². The Bertz CT molecular complexity index is 1500. The molecular formula is C24H22N6O7S4. The van der Waals surface area contributed by atoms with Gasteiger partial charge in [-0.2, -0.15) is 0 Å². The van der Waals surface area contributed by atoms with Gasteiger partial charge in [0, 0.05) is 16.4 Å². The van der Waals surface area contributed by atoms with E-state index in [1.807, 2.05) is 6.92 Å². The topological polar surface area (TPSA) is 184 Å². The number of thiophene rings is 1. The maximum atomic E-state index is 13.3. The number of amides is 4. The fraction of sp³-hybridized carbons (Fsp3) is 0.292. The Labute approximate surface area is 249 Å². The van der Waals surface area contributed by atoms with Gasteiger partial charge in [-0.15, -0.1) is 33.3 Å². The van der Waals surface area contributed by atoms with Crippen LogP contribution in [-0.2, 0) is 14.4 Å². The number of thioether (sulfide) groups is 2. The van der Waals surface area contributed by atoms with Crippen LogP contribution in [0.25, 0.3) is 0 Å². The molecule has 0 saturated carbocycles. The third-order valence-electron chi connectivity index (χ3n) is 6.04. The first-order valence-electron chi connectivity index (χ1n) is 12.0. The van der Waals surface area contributed by atoms with E-state index in [4.69, 9.17) is 4.42 Å². The molecule has 1 saturated heterocycles. The van der Waals surface area contributed by atoms with Gasteiger partial charge in [-0.1, -0.05) is 29.2 Å². The number of carbonyl (C=O) groups excluding carboxylic acids is 4. The number of carboxylic acids is 1. The molecule has 0 radical (unpaired) electrons. The molecule has 1 fully saturated rings. The fourth-order valence-electron chi connectivity index (χ4n) is 4.11. The number of urea groups is 1. The molecule has 5 rings (SSSR count). The van der Waals surface area contributed by atoms with E-state index in [0.29, 0.717) is 31.9 Å². The Balaban J connectivity index is 1.23. The Morgan fingerprint density at radius 2 is 2.10 bits per heavy atom. The predicted octanol–water partition coefficient (Wildman–Crippen LogP) is 2.26. The molecule has 2 aliphatic rings. The average molecular weight is 635 g/mol. The Hall–Kier alpha value is -3.67. The lowest BCUT2D eigenvalue weighted by Gasteiger charge is -2.49. The van der Waals surface area contributed by atoms with Crippen LogP contribution < -0.4 is 16.0 Å². The van der Waals surface area contributed by atoms with Crippen LogP contribution in [-0.4, -0.2) is 79.3 Å². The number of nitrogens with one attached hydrogen (secondary N) is 3. The second kappa shape index (κ2) is 12.5. The minimum Gasteiger partial charge on any atom is -0.477 e. The molecule has 13 nitrogen and oxygen atoms in total. The number of rotatable bonds is 11. The number of hydrogen-bond acceptors (Lipinski definition) is 12. The van der Waals surface area contributed by atoms with Gasteiger partial charge in [0.15, 0.2) is 10.1 Å². The van der Waals surface area contributed by atoms with Crippen molar-refractivity contribution in [1.29, 1.82) is 0 Å². The quantitative estimate of drug-likeness (QED) is 0.138. The van der Waals surface area contributed by atoms with Crippen LogP contribution in [0.4, 0.5) is 4.79 Å². The molecule has 214 valence electrons. The number of nitrogens with zero attached hydrogens (tertiary/aromatic N) is 3. The number of hydrogen-bond donors (Lipinski definition) is 4. The number of aliphatic carboxylic acids is 1. The molecule has 4 amide bonds. The monoisotopic (exact) mass is 634 g/mol. The second-order valence-electron chi connectivity index (χ2n) is 8.74. The Morgan fingerprint density at radius 1 is 1.27 bits per heavy atom. The van der Waals surface area contributed by atoms with E-state index in [1.54, 1.807) is 17.5 Å². The summed E-state index contributed by atoms with van der Waals surface area (Å²) in [6, 6.07) is 1.96. The summed E-state index contributed by atoms with van der Waals surface area (Å²) in [5.41, 5.74) is 0.782. The highest BCUT2D eigenvalue weighted by atomic mass is 32.2. The fourth-order valence-corrected chi connectivity index (χ4v) is 8.18. The number of aromatic nitrogens is 2. The number of Topliss-reactive ketones (excluding diaryl/α,β-unsaturated/α-hetero) is 1. The van der Waals surface area contributed by atoms with Crippen molar-refractivity contribution in [2.24, 2.45) is 0 Å². The summed E-state index contributed by atoms with van der Waals surface area (Å²) in [7, 11) is 0. The highest BCUT2D eigenvalue weighted by molar-refractivity contribution is 8.01. The summed E-state index contributed by atoms with van der Waals surface area (Å²) in [6.07, 6.45) is 2.60. The molecule has 2 aliphatic heterocycles. The molecule has 3 aromatic rings. The number of aryl methyl sites for hydroxylation is 1. The smallest absolute Gasteiger partial charge is 0.352 e. The van der Waals surface area contributed by atoms with Crippen molar-refractivity contribution in [1.82, 2.24) is 31.0 Å². The van der Waals surface area contributed by atoms with Gasteiger partial charge in [0.05, 0.1) is 18.4 Å². The van der Waals surface area contributed by atoms with E-state index in [0.717, 1.165) is 5.01 Å². The second-order valence-corrected chi connectivity index (χ2v) is 13.2. The van der Waals surface area contributed by atoms with Crippen LogP contribution in [0.15, 0.2) is 56.1 Å². The van der Waals surface area contributed by atoms with Crippen molar-refractivity contribution in [3.05, 3.63) is 62.8 Å². The van der Waals surface area contributed by atoms with E-state index in [1.165, 1.54) is 69.7 Å². The normalized spacial score (nSPS) is 18.8. The molecule has 3 atom stereocenters. The third kappa shape index (κ3) is 6.32. The lowest BCUT2D eigenvalue weighted by atomic mass is 10.0. The first kappa shape index (κ1) is 28.8. The van der Waals surface area contributed by atoms with Crippen LogP contribution in [0.5, 0.6) is 0 Å². The molecule has 17 heteroatoms. The van der Waals surface area contributed by atoms with Crippen LogP contribution >= 0.6 is 46.2 Å². The number of β-lactam (4-membered cyclic amide) rings is 1. The zero-order chi connectivity index (χ0) is 29.1. The molecule has 0 aromatic carbocycles. The summed E-state index contributed by atoms with van der Waals surface area (Å²) >= 11 is 5.33. The van der Waals surface area contributed by atoms with E-state index < -0.39 is 41.3 Å². The number of fused-ring (bicyclic) bond motifs is 1. The summed E-state index contributed by atoms with van der Waals surface area (Å²) in [5, 5.41) is 27.5. The lowest BCUT2D eigenvalue weighted by Crippen LogP contribution is -2.71. The largest absolute Gasteiger partial charge is 0.477 e. The predicted molar refractivity (Wildman–Crippen MR) is 152 cm³/mol. The molecule has 2 unspecified atom stereocenters. The van der Waals surface area contributed by atoms with Gasteiger partial charge in [0.25, 0.3) is 5.91 Å². The first-order chi connectivity index (χ1) is 19.7. The first-order valence-corrected chi connectivity index (χ1v) is 15.7. The van der Waals surface area contributed by atoms with Crippen LogP contribution in [0.2, 0.25) is 0 Å². The Morgan fingerprint density at radius 3 is 2.76 bits per heavy atom. The Kier molecular flexibility index (Phi) is 8.77. The third-order valence-corrected chi connectivity index (χ3v) is 10.4. The highest BCUT2D eigenvalue weighted by Gasteiger charge is 2.54. The SMILES string of the molecule is Cc1nnc(SCC2=C(C(=O)O)N3C(=O)C(NC(=O)C(NC(=O)NCC(=O)c4ccoc4)c4cccs4)[C@@H]3SC2)s1. The minimum absolute atomic E-state index is 0.0902. The number of carboxylic acid groups (broad SMARTS) is 1. The van der Waals surface area contributed by atoms with Gasteiger partial charge in [0.2, 0.25) is 5.91 Å². The number of ketones is 1. The minimum atomic E-state index is -1.22. The number of furan rings is 1. The van der Waals surface area contributed by atoms with Gasteiger partial charge in [-0.25, -0.2) is 9.59 Å². The zero-order valence-electron chi connectivity index (χ0n) is 21.2. The van der Waals surface area contributed by atoms with Gasteiger partial charge >= 0.3 is 12.0 Å². The van der Waals surface area contributed by atoms with E-state index in [-0.39, 0.29) is 18.0 Å². The molecule has 4 N–H and O–H groups in total. The van der Waals surface area contributed by atoms with Crippen molar-refractivity contribution in [3.63, 3.8) is 0 Å². The summed E-state index contributed by atoms with van der Waals surface area (Å²) in [6.45, 7) is 1.51. The van der Waals surface area contributed by atoms with E-state index >= 15 is 0 Å². The summed E-state index contributed by atoms with van der Waals surface area (Å²) in [5.74, 6) is -2.11. The summed E-state index contributed by atoms with van der Waals surface area (Å²) in [4.78, 5) is 65.0. The van der Waals surface area contributed by atoms with Gasteiger partial charge < -0.3 is 25.5 Å². The van der Waals surface area contributed by atoms with Gasteiger partial charge in [-0.05, 0) is 30.0 Å². The van der Waals surface area contributed by atoms with Crippen molar-refractivity contribution >= 4 is 75.8 Å². The van der Waals surface area contributed by atoms with Crippen molar-refractivity contribution in [2.45, 2.75) is 28.7 Å². The lowest BCUT2D eigenvalue weighted by molar-refractivity contribution is -0.150. The van der Waals surface area contributed by atoms with E-state index in [2.05, 4.69) is 26.1 Å². The molecule has 0 spiro atoms. The highest BCUT2D eigenvalue weighted by Crippen LogP contribution is 2.42. The maximum absolute atomic E-state index is 13.3. The maximum Gasteiger partial charge on any atom is 0.352 e. The van der Waals surface area contributed by atoms with Gasteiger partial charge in [0.1, 0.15) is 34.4 Å². The van der Waals surface area contributed by atoms with Crippen LogP contribution in [0.1, 0.15) is 26.3 Å². The molecule has 41 heavy (non-hydrogen) atoms. The van der Waals surface area contributed by atoms with Crippen molar-refractivity contribution < 1.29 is 33.5 Å².